The Morgan fingerprint density at radius 2 is 1.93 bits per heavy atom. The van der Waals surface area contributed by atoms with Crippen molar-refractivity contribution in [2.75, 3.05) is 13.7 Å². The molecule has 0 spiro atoms. The Morgan fingerprint density at radius 3 is 2.60 bits per heavy atom. The van der Waals surface area contributed by atoms with Gasteiger partial charge in [0.2, 0.25) is 0 Å². The molecule has 0 fully saturated rings. The van der Waals surface area contributed by atoms with Crippen LogP contribution in [0.5, 0.6) is 5.75 Å². The second-order valence-electron chi connectivity index (χ2n) is 8.36. The summed E-state index contributed by atoms with van der Waals surface area (Å²) in [5.41, 5.74) is 2.12. The molecule has 0 radical (unpaired) electrons. The van der Waals surface area contributed by atoms with Crippen molar-refractivity contribution in [3.05, 3.63) is 65.5 Å². The first kappa shape index (κ1) is 21.6. The van der Waals surface area contributed by atoms with Gasteiger partial charge in [-0.2, -0.15) is 0 Å². The van der Waals surface area contributed by atoms with Crippen LogP contribution in [0.25, 0.3) is 0 Å². The van der Waals surface area contributed by atoms with Gasteiger partial charge in [-0.3, -0.25) is 0 Å². The number of methoxy groups -OCH3 is 1. The predicted octanol–water partition coefficient (Wildman–Crippen LogP) is 4.34. The minimum atomic E-state index is -0.381. The van der Waals surface area contributed by atoms with Crippen LogP contribution in [-0.4, -0.2) is 41.9 Å². The van der Waals surface area contributed by atoms with E-state index < -0.39 is 0 Å². The third-order valence-corrected chi connectivity index (χ3v) is 4.63. The summed E-state index contributed by atoms with van der Waals surface area (Å²) in [7, 11) is 1.62. The zero-order chi connectivity index (χ0) is 21.7. The van der Waals surface area contributed by atoms with E-state index >= 15 is 0 Å². The van der Waals surface area contributed by atoms with Gasteiger partial charge in [0.05, 0.1) is 19.4 Å². The largest absolute Gasteiger partial charge is 0.496 e. The topological polar surface area (TPSA) is 63.2 Å². The van der Waals surface area contributed by atoms with Gasteiger partial charge >= 0.3 is 6.03 Å². The van der Waals surface area contributed by atoms with Crippen molar-refractivity contribution in [2.24, 2.45) is 5.16 Å². The van der Waals surface area contributed by atoms with Crippen molar-refractivity contribution >= 4 is 11.7 Å². The van der Waals surface area contributed by atoms with E-state index in [1.54, 1.807) is 24.1 Å². The van der Waals surface area contributed by atoms with Gasteiger partial charge in [0, 0.05) is 24.1 Å². The lowest BCUT2D eigenvalue weighted by atomic mass is 10.0. The van der Waals surface area contributed by atoms with Crippen LogP contribution in [0.4, 0.5) is 9.18 Å². The highest BCUT2D eigenvalue weighted by Crippen LogP contribution is 2.25. The summed E-state index contributed by atoms with van der Waals surface area (Å²) in [6, 6.07) is 13.6. The number of hydrogen-bond acceptors (Lipinski definition) is 4. The van der Waals surface area contributed by atoms with Crippen LogP contribution in [0.2, 0.25) is 0 Å². The number of nitrogens with zero attached hydrogens (tertiary/aromatic N) is 2. The first-order valence-electron chi connectivity index (χ1n) is 9.93. The second kappa shape index (κ2) is 9.15. The fourth-order valence-electron chi connectivity index (χ4n) is 3.24. The van der Waals surface area contributed by atoms with Gasteiger partial charge < -0.3 is 19.8 Å². The summed E-state index contributed by atoms with van der Waals surface area (Å²) < 4.78 is 18.7. The lowest BCUT2D eigenvalue weighted by Gasteiger charge is -2.29. The summed E-state index contributed by atoms with van der Waals surface area (Å²) in [5, 5.41) is 7.22. The molecular formula is C23H28FN3O3. The lowest BCUT2D eigenvalue weighted by Crippen LogP contribution is -2.50. The average Bonchev–Trinajstić information content (AvgIpc) is 3.16. The Bertz CT molecular complexity index is 907. The van der Waals surface area contributed by atoms with Gasteiger partial charge in [-0.15, -0.1) is 0 Å². The summed E-state index contributed by atoms with van der Waals surface area (Å²) >= 11 is 0. The van der Waals surface area contributed by atoms with Crippen molar-refractivity contribution in [1.82, 2.24) is 10.2 Å². The molecule has 160 valence electrons. The lowest BCUT2D eigenvalue weighted by molar-refractivity contribution is 0.0580. The van der Waals surface area contributed by atoms with Crippen molar-refractivity contribution in [3.63, 3.8) is 0 Å². The number of nitrogens with one attached hydrogen (secondary N) is 1. The van der Waals surface area contributed by atoms with Crippen LogP contribution < -0.4 is 10.1 Å². The van der Waals surface area contributed by atoms with Crippen LogP contribution in [0.1, 0.15) is 38.3 Å². The van der Waals surface area contributed by atoms with Crippen LogP contribution in [0, 0.1) is 5.82 Å². The number of oxime groups is 1. The van der Waals surface area contributed by atoms with Gasteiger partial charge in [-0.05, 0) is 50.6 Å². The van der Waals surface area contributed by atoms with Gasteiger partial charge in [0.15, 0.2) is 6.10 Å². The van der Waals surface area contributed by atoms with Crippen molar-refractivity contribution in [1.29, 1.82) is 0 Å². The van der Waals surface area contributed by atoms with Crippen LogP contribution in [0.3, 0.4) is 0 Å². The number of benzene rings is 2. The summed E-state index contributed by atoms with van der Waals surface area (Å²) in [6.45, 7) is 6.47. The maximum atomic E-state index is 13.3. The van der Waals surface area contributed by atoms with Crippen molar-refractivity contribution < 1.29 is 18.8 Å². The quantitative estimate of drug-likeness (QED) is 0.766. The average molecular weight is 413 g/mol. The number of halogens is 1. The molecule has 1 N–H and O–H groups in total. The van der Waals surface area contributed by atoms with Gasteiger partial charge in [0.25, 0.3) is 0 Å². The number of hydrogen-bond donors (Lipinski definition) is 1. The van der Waals surface area contributed by atoms with Gasteiger partial charge in [-0.1, -0.05) is 29.4 Å². The third kappa shape index (κ3) is 5.72. The highest BCUT2D eigenvalue weighted by Gasteiger charge is 2.29. The highest BCUT2D eigenvalue weighted by atomic mass is 19.1. The predicted molar refractivity (Wildman–Crippen MR) is 114 cm³/mol. The van der Waals surface area contributed by atoms with E-state index in [1.165, 1.54) is 12.1 Å². The molecule has 2 amide bonds. The van der Waals surface area contributed by atoms with Gasteiger partial charge in [-0.25, -0.2) is 9.18 Å². The molecule has 0 aliphatic carbocycles. The molecule has 30 heavy (non-hydrogen) atoms. The Labute approximate surface area is 176 Å². The van der Waals surface area contributed by atoms with Crippen molar-refractivity contribution in [3.8, 4) is 5.75 Å². The molecule has 3 rings (SSSR count). The van der Waals surface area contributed by atoms with E-state index in [9.17, 15) is 9.18 Å². The zero-order valence-corrected chi connectivity index (χ0v) is 17.8. The molecule has 1 aliphatic heterocycles. The molecule has 0 saturated heterocycles. The molecule has 2 aromatic carbocycles. The number of urea groups is 1. The number of para-hydroxylation sites is 1. The minimum absolute atomic E-state index is 0.207. The molecule has 0 bridgehead atoms. The highest BCUT2D eigenvalue weighted by molar-refractivity contribution is 6.03. The van der Waals surface area contributed by atoms with Crippen LogP contribution in [-0.2, 0) is 11.4 Å². The Hall–Kier alpha value is -3.09. The number of carbonyl (C=O) groups is 1. The zero-order valence-electron chi connectivity index (χ0n) is 17.8. The Kier molecular flexibility index (Phi) is 6.59. The van der Waals surface area contributed by atoms with E-state index in [0.29, 0.717) is 19.5 Å². The molecule has 1 unspecified atom stereocenters. The first-order chi connectivity index (χ1) is 14.2. The molecule has 1 aliphatic rings. The summed E-state index contributed by atoms with van der Waals surface area (Å²) in [5.74, 6) is 0.424. The molecule has 6 nitrogen and oxygen atoms in total. The number of rotatable bonds is 6. The van der Waals surface area contributed by atoms with E-state index in [4.69, 9.17) is 9.57 Å². The van der Waals surface area contributed by atoms with E-state index in [1.807, 2.05) is 45.0 Å². The van der Waals surface area contributed by atoms with Gasteiger partial charge in [0.1, 0.15) is 11.6 Å². The fraction of sp³-hybridized carbons (Fsp3) is 0.391. The number of ether oxygens (including phenoxy) is 1. The van der Waals surface area contributed by atoms with E-state index in [-0.39, 0.29) is 23.5 Å². The van der Waals surface area contributed by atoms with E-state index in [2.05, 4.69) is 10.5 Å². The van der Waals surface area contributed by atoms with E-state index in [0.717, 1.165) is 22.6 Å². The van der Waals surface area contributed by atoms with Crippen LogP contribution >= 0.6 is 0 Å². The van der Waals surface area contributed by atoms with Crippen molar-refractivity contribution in [2.45, 2.75) is 45.4 Å². The molecule has 1 heterocycles. The molecular weight excluding hydrogens is 385 g/mol. The second-order valence-corrected chi connectivity index (χ2v) is 8.36. The smallest absolute Gasteiger partial charge is 0.318 e. The first-order valence-corrected chi connectivity index (χ1v) is 9.93. The Balaban J connectivity index is 1.71. The SMILES string of the molecule is COc1ccccc1C1=NOC(CN(Cc2ccc(F)cc2)C(=O)NC(C)(C)C)C1. The fourth-order valence-corrected chi connectivity index (χ4v) is 3.24. The number of amides is 2. The maximum absolute atomic E-state index is 13.3. The summed E-state index contributed by atoms with van der Waals surface area (Å²) in [4.78, 5) is 20.2. The van der Waals surface area contributed by atoms with Crippen LogP contribution in [0.15, 0.2) is 53.7 Å². The summed E-state index contributed by atoms with van der Waals surface area (Å²) in [6.07, 6.45) is 0.277. The molecule has 0 aromatic heterocycles. The minimum Gasteiger partial charge on any atom is -0.496 e. The molecule has 7 heteroatoms. The Morgan fingerprint density at radius 1 is 1.23 bits per heavy atom. The molecule has 2 aromatic rings. The monoisotopic (exact) mass is 413 g/mol. The molecule has 0 saturated carbocycles. The third-order valence-electron chi connectivity index (χ3n) is 4.63. The number of carbonyl (C=O) groups excluding carboxylic acids is 1. The normalized spacial score (nSPS) is 15.9. The standard InChI is InChI=1S/C23H28FN3O3/c1-23(2,3)25-22(28)27(14-16-9-11-17(24)12-10-16)15-18-13-20(26-30-18)19-7-5-6-8-21(19)29-4/h5-12,18H,13-15H2,1-4H3,(H,25,28). The molecule has 1 atom stereocenters. The maximum Gasteiger partial charge on any atom is 0.318 e.